The zero-order valence-electron chi connectivity index (χ0n) is 18.9. The summed E-state index contributed by atoms with van der Waals surface area (Å²) in [6, 6.07) is 26.4. The molecule has 3 aromatic carbocycles. The molecule has 3 N–H and O–H groups in total. The van der Waals surface area contributed by atoms with Gasteiger partial charge in [0.15, 0.2) is 6.04 Å². The number of benzene rings is 3. The number of piperazine rings is 1. The molecule has 0 radical (unpaired) electrons. The van der Waals surface area contributed by atoms with E-state index in [1.54, 1.807) is 12.0 Å². The van der Waals surface area contributed by atoms with E-state index in [0.29, 0.717) is 5.75 Å². The number of ether oxygens (including phenoxy) is 1. The Morgan fingerprint density at radius 3 is 2.25 bits per heavy atom. The van der Waals surface area contributed by atoms with Crippen molar-refractivity contribution in [2.24, 2.45) is 0 Å². The molecule has 0 spiro atoms. The van der Waals surface area contributed by atoms with Gasteiger partial charge in [-0.15, -0.1) is 0 Å². The highest BCUT2D eigenvalue weighted by atomic mass is 16.5. The maximum absolute atomic E-state index is 13.6. The van der Waals surface area contributed by atoms with Crippen molar-refractivity contribution < 1.29 is 19.3 Å². The summed E-state index contributed by atoms with van der Waals surface area (Å²) in [6.45, 7) is 7.07. The van der Waals surface area contributed by atoms with Crippen LogP contribution in [0.15, 0.2) is 78.9 Å². The van der Waals surface area contributed by atoms with Gasteiger partial charge in [-0.25, -0.2) is 0 Å². The van der Waals surface area contributed by atoms with Crippen LogP contribution in [0.25, 0.3) is 0 Å². The third-order valence-corrected chi connectivity index (χ3v) is 6.31. The SMILES string of the molecule is COc1ccc(C)cc1NC(=O)[C@H](c1ccccc1)[NH+]1CC[NH+](Cc2ccccc2)CC1. The van der Waals surface area contributed by atoms with Crippen LogP contribution in [0.1, 0.15) is 22.7 Å². The van der Waals surface area contributed by atoms with Crippen LogP contribution in [0.2, 0.25) is 0 Å². The predicted octanol–water partition coefficient (Wildman–Crippen LogP) is 1.67. The molecule has 32 heavy (non-hydrogen) atoms. The second-order valence-electron chi connectivity index (χ2n) is 8.61. The third kappa shape index (κ3) is 5.36. The molecule has 0 aliphatic carbocycles. The van der Waals surface area contributed by atoms with Gasteiger partial charge in [-0.05, 0) is 24.6 Å². The number of hydrogen-bond acceptors (Lipinski definition) is 2. The van der Waals surface area contributed by atoms with Crippen molar-refractivity contribution in [1.82, 2.24) is 0 Å². The summed E-state index contributed by atoms with van der Waals surface area (Å²) < 4.78 is 5.48. The van der Waals surface area contributed by atoms with Gasteiger partial charge < -0.3 is 19.9 Å². The lowest BCUT2D eigenvalue weighted by atomic mass is 10.0. The van der Waals surface area contributed by atoms with Crippen LogP contribution in [0.3, 0.4) is 0 Å². The van der Waals surface area contributed by atoms with Gasteiger partial charge in [-0.2, -0.15) is 0 Å². The fraction of sp³-hybridized carbons (Fsp3) is 0.296. The minimum atomic E-state index is -0.250. The Morgan fingerprint density at radius 1 is 0.938 bits per heavy atom. The Hall–Kier alpha value is -3.15. The van der Waals surface area contributed by atoms with Crippen molar-refractivity contribution in [2.75, 3.05) is 38.6 Å². The highest BCUT2D eigenvalue weighted by Crippen LogP contribution is 2.26. The molecule has 0 aromatic heterocycles. The largest absolute Gasteiger partial charge is 0.495 e. The molecule has 166 valence electrons. The van der Waals surface area contributed by atoms with Crippen molar-refractivity contribution in [3.05, 3.63) is 95.6 Å². The Morgan fingerprint density at radius 2 is 1.59 bits per heavy atom. The molecule has 1 amide bonds. The number of amides is 1. The second-order valence-corrected chi connectivity index (χ2v) is 8.61. The number of rotatable bonds is 7. The van der Waals surface area contributed by atoms with Crippen LogP contribution >= 0.6 is 0 Å². The van der Waals surface area contributed by atoms with Crippen LogP contribution in [-0.2, 0) is 11.3 Å². The Bertz CT molecular complexity index is 1020. The summed E-state index contributed by atoms with van der Waals surface area (Å²) in [5.74, 6) is 0.699. The molecule has 1 aliphatic heterocycles. The summed E-state index contributed by atoms with van der Waals surface area (Å²) in [5, 5.41) is 3.16. The van der Waals surface area contributed by atoms with Crippen molar-refractivity contribution in [3.8, 4) is 5.75 Å². The topological polar surface area (TPSA) is 47.2 Å². The van der Waals surface area contributed by atoms with E-state index < -0.39 is 0 Å². The maximum atomic E-state index is 13.6. The van der Waals surface area contributed by atoms with E-state index in [1.807, 2.05) is 43.3 Å². The fourth-order valence-electron chi connectivity index (χ4n) is 4.62. The van der Waals surface area contributed by atoms with E-state index in [-0.39, 0.29) is 11.9 Å². The molecule has 5 heteroatoms. The quantitative estimate of drug-likeness (QED) is 0.533. The van der Waals surface area contributed by atoms with Gasteiger partial charge in [-0.1, -0.05) is 66.7 Å². The van der Waals surface area contributed by atoms with Gasteiger partial charge in [0, 0.05) is 11.1 Å². The minimum Gasteiger partial charge on any atom is -0.495 e. The van der Waals surface area contributed by atoms with Crippen molar-refractivity contribution in [2.45, 2.75) is 19.5 Å². The molecule has 1 atom stereocenters. The zero-order valence-corrected chi connectivity index (χ0v) is 18.9. The predicted molar refractivity (Wildman–Crippen MR) is 127 cm³/mol. The van der Waals surface area contributed by atoms with Crippen LogP contribution in [0.5, 0.6) is 5.75 Å². The third-order valence-electron chi connectivity index (χ3n) is 6.31. The van der Waals surface area contributed by atoms with Crippen molar-refractivity contribution in [1.29, 1.82) is 0 Å². The first-order valence-corrected chi connectivity index (χ1v) is 11.4. The molecule has 5 nitrogen and oxygen atoms in total. The number of quaternary nitrogens is 2. The average molecular weight is 432 g/mol. The number of methoxy groups -OCH3 is 1. The first-order valence-electron chi connectivity index (χ1n) is 11.4. The zero-order chi connectivity index (χ0) is 22.3. The van der Waals surface area contributed by atoms with E-state index >= 15 is 0 Å². The summed E-state index contributed by atoms with van der Waals surface area (Å²) >= 11 is 0. The van der Waals surface area contributed by atoms with Crippen molar-refractivity contribution >= 4 is 11.6 Å². The summed E-state index contributed by atoms with van der Waals surface area (Å²) in [4.78, 5) is 16.5. The molecule has 0 bridgehead atoms. The van der Waals surface area contributed by atoms with E-state index in [4.69, 9.17) is 4.74 Å². The number of carbonyl (C=O) groups excluding carboxylic acids is 1. The standard InChI is InChI=1S/C27H31N3O2/c1-21-13-14-25(32-2)24(19-21)28-27(31)26(23-11-7-4-8-12-23)30-17-15-29(16-18-30)20-22-9-5-3-6-10-22/h3-14,19,26H,15-18,20H2,1-2H3,(H,28,31)/p+2/t26-/m0/s1. The summed E-state index contributed by atoms with van der Waals surface area (Å²) in [6.07, 6.45) is 0. The first-order chi connectivity index (χ1) is 15.6. The Balaban J connectivity index is 1.49. The normalized spacial score (nSPS) is 19.2. The molecule has 1 heterocycles. The van der Waals surface area contributed by atoms with Crippen molar-refractivity contribution in [3.63, 3.8) is 0 Å². The lowest BCUT2D eigenvalue weighted by Gasteiger charge is -2.34. The van der Waals surface area contributed by atoms with Gasteiger partial charge in [0.25, 0.3) is 5.91 Å². The molecule has 0 saturated carbocycles. The molecule has 1 aliphatic rings. The average Bonchev–Trinajstić information content (AvgIpc) is 2.82. The van der Waals surface area contributed by atoms with Gasteiger partial charge in [-0.3, -0.25) is 4.79 Å². The molecule has 1 saturated heterocycles. The van der Waals surface area contributed by atoms with Gasteiger partial charge >= 0.3 is 0 Å². The van der Waals surface area contributed by atoms with Gasteiger partial charge in [0.2, 0.25) is 0 Å². The van der Waals surface area contributed by atoms with Gasteiger partial charge in [0.05, 0.1) is 12.8 Å². The number of anilines is 1. The summed E-state index contributed by atoms with van der Waals surface area (Å²) in [7, 11) is 1.63. The van der Waals surface area contributed by atoms with E-state index in [1.165, 1.54) is 10.5 Å². The molecule has 1 fully saturated rings. The fourth-order valence-corrected chi connectivity index (χ4v) is 4.62. The van der Waals surface area contributed by atoms with E-state index in [9.17, 15) is 4.79 Å². The smallest absolute Gasteiger partial charge is 0.287 e. The molecular weight excluding hydrogens is 398 g/mol. The van der Waals surface area contributed by atoms with Gasteiger partial charge in [0.1, 0.15) is 38.5 Å². The van der Waals surface area contributed by atoms with Crippen LogP contribution in [-0.4, -0.2) is 39.2 Å². The first kappa shape index (κ1) is 22.1. The highest BCUT2D eigenvalue weighted by Gasteiger charge is 2.36. The lowest BCUT2D eigenvalue weighted by molar-refractivity contribution is -1.03. The summed E-state index contributed by atoms with van der Waals surface area (Å²) in [5.41, 5.74) is 4.24. The number of hydrogen-bond donors (Lipinski definition) is 3. The molecule has 3 aromatic rings. The number of aryl methyl sites for hydroxylation is 1. The maximum Gasteiger partial charge on any atom is 0.287 e. The van der Waals surface area contributed by atoms with Crippen LogP contribution in [0.4, 0.5) is 5.69 Å². The monoisotopic (exact) mass is 431 g/mol. The van der Waals surface area contributed by atoms with E-state index in [2.05, 4.69) is 47.8 Å². The van der Waals surface area contributed by atoms with Crippen LogP contribution in [0, 0.1) is 6.92 Å². The molecular formula is C27H33N3O2+2. The van der Waals surface area contributed by atoms with Crippen LogP contribution < -0.4 is 19.9 Å². The number of carbonyl (C=O) groups is 1. The Kier molecular flexibility index (Phi) is 7.20. The lowest BCUT2D eigenvalue weighted by Crippen LogP contribution is -3.28. The highest BCUT2D eigenvalue weighted by molar-refractivity contribution is 5.96. The minimum absolute atomic E-state index is 0.0154. The number of nitrogens with one attached hydrogen (secondary N) is 3. The van der Waals surface area contributed by atoms with E-state index in [0.717, 1.165) is 49.5 Å². The Labute approximate surface area is 190 Å². The molecule has 4 rings (SSSR count). The molecule has 0 unspecified atom stereocenters. The second kappa shape index (κ2) is 10.4.